The van der Waals surface area contributed by atoms with Crippen LogP contribution in [0.1, 0.15) is 54.4 Å². The van der Waals surface area contributed by atoms with Crippen LogP contribution in [0.4, 0.5) is 4.39 Å². The Kier molecular flexibility index (Phi) is 5.00. The first-order valence-corrected chi connectivity index (χ1v) is 9.88. The van der Waals surface area contributed by atoms with E-state index in [1.165, 1.54) is 30.5 Å². The van der Waals surface area contributed by atoms with Crippen molar-refractivity contribution in [3.05, 3.63) is 65.5 Å². The Bertz CT molecular complexity index is 819. The lowest BCUT2D eigenvalue weighted by atomic mass is 9.71. The molecule has 2 bridgehead atoms. The van der Waals surface area contributed by atoms with E-state index >= 15 is 0 Å². The topological polar surface area (TPSA) is 40.5 Å². The Morgan fingerprint density at radius 3 is 2.81 bits per heavy atom. The Morgan fingerprint density at radius 2 is 2.04 bits per heavy atom. The predicted octanol–water partition coefficient (Wildman–Crippen LogP) is 4.69. The lowest BCUT2D eigenvalue weighted by Crippen LogP contribution is -2.31. The summed E-state index contributed by atoms with van der Waals surface area (Å²) in [6.07, 6.45) is 6.05. The molecule has 0 radical (unpaired) electrons. The van der Waals surface area contributed by atoms with Gasteiger partial charge in [-0.3, -0.25) is 9.69 Å². The SMILES string of the molecule is O=C(CCCN1CC2(c3cccc(O)c3)CCCC1C2)c1ccc(F)cc1. The quantitative estimate of drug-likeness (QED) is 0.753. The van der Waals surface area contributed by atoms with Gasteiger partial charge in [0.15, 0.2) is 5.78 Å². The maximum absolute atomic E-state index is 13.0. The molecule has 1 aliphatic carbocycles. The standard InChI is InChI=1S/C23H26FNO2/c24-19-10-8-17(9-11-19)22(27)7-3-13-25-16-23(12-2-5-20(25)15-23)18-4-1-6-21(26)14-18/h1,4,6,8-11,14,20,26H,2-3,5,7,12-13,15-16H2. The number of ketones is 1. The molecule has 0 aromatic heterocycles. The zero-order chi connectivity index (χ0) is 18.9. The molecular weight excluding hydrogens is 341 g/mol. The number of carbonyl (C=O) groups excluding carboxylic acids is 1. The van der Waals surface area contributed by atoms with E-state index < -0.39 is 0 Å². The van der Waals surface area contributed by atoms with E-state index in [0.29, 0.717) is 23.8 Å². The van der Waals surface area contributed by atoms with Crippen molar-refractivity contribution in [2.24, 2.45) is 0 Å². The van der Waals surface area contributed by atoms with Crippen molar-refractivity contribution in [2.45, 2.75) is 50.0 Å². The molecule has 4 heteroatoms. The minimum atomic E-state index is -0.312. The number of hydrogen-bond acceptors (Lipinski definition) is 3. The molecular formula is C23H26FNO2. The summed E-state index contributed by atoms with van der Waals surface area (Å²) in [4.78, 5) is 14.8. The number of hydrogen-bond donors (Lipinski definition) is 1. The summed E-state index contributed by atoms with van der Waals surface area (Å²) < 4.78 is 13.0. The number of Topliss-reactive ketones (excluding diaryl/α,β-unsaturated/α-hetero) is 1. The summed E-state index contributed by atoms with van der Waals surface area (Å²) in [7, 11) is 0. The Hall–Kier alpha value is -2.20. The van der Waals surface area contributed by atoms with E-state index in [1.54, 1.807) is 18.2 Å². The van der Waals surface area contributed by atoms with Crippen molar-refractivity contribution in [2.75, 3.05) is 13.1 Å². The molecule has 27 heavy (non-hydrogen) atoms. The van der Waals surface area contributed by atoms with Gasteiger partial charge in [0.05, 0.1) is 0 Å². The van der Waals surface area contributed by atoms with Crippen molar-refractivity contribution >= 4 is 5.78 Å². The molecule has 3 nitrogen and oxygen atoms in total. The van der Waals surface area contributed by atoms with Crippen LogP contribution in [0.25, 0.3) is 0 Å². The monoisotopic (exact) mass is 367 g/mol. The number of likely N-dealkylation sites (tertiary alicyclic amines) is 1. The van der Waals surface area contributed by atoms with E-state index in [0.717, 1.165) is 32.4 Å². The summed E-state index contributed by atoms with van der Waals surface area (Å²) in [5.74, 6) is 0.111. The summed E-state index contributed by atoms with van der Waals surface area (Å²) in [6.45, 7) is 1.92. The maximum Gasteiger partial charge on any atom is 0.162 e. The number of phenolic OH excluding ortho intramolecular Hbond substituents is 1. The normalized spacial score (nSPS) is 24.9. The first kappa shape index (κ1) is 18.2. The summed E-state index contributed by atoms with van der Waals surface area (Å²) in [5, 5.41) is 9.89. The van der Waals surface area contributed by atoms with Gasteiger partial charge in [0.1, 0.15) is 11.6 Å². The third-order valence-corrected chi connectivity index (χ3v) is 6.32. The average molecular weight is 367 g/mol. The average Bonchev–Trinajstić information content (AvgIpc) is 2.93. The van der Waals surface area contributed by atoms with Crippen LogP contribution in [0.5, 0.6) is 5.75 Å². The van der Waals surface area contributed by atoms with Crippen molar-refractivity contribution in [3.63, 3.8) is 0 Å². The lowest BCUT2D eigenvalue weighted by molar-refractivity contribution is 0.0973. The van der Waals surface area contributed by atoms with Crippen LogP contribution in [0.2, 0.25) is 0 Å². The predicted molar refractivity (Wildman–Crippen MR) is 104 cm³/mol. The number of halogens is 1. The van der Waals surface area contributed by atoms with Crippen molar-refractivity contribution in [3.8, 4) is 5.75 Å². The Balaban J connectivity index is 1.37. The van der Waals surface area contributed by atoms with Crippen LogP contribution in [0, 0.1) is 5.82 Å². The molecule has 2 unspecified atom stereocenters. The van der Waals surface area contributed by atoms with Gasteiger partial charge < -0.3 is 5.11 Å². The Labute approximate surface area is 159 Å². The number of carbonyl (C=O) groups is 1. The molecule has 1 heterocycles. The summed E-state index contributed by atoms with van der Waals surface area (Å²) >= 11 is 0. The van der Waals surface area contributed by atoms with E-state index in [9.17, 15) is 14.3 Å². The van der Waals surface area contributed by atoms with Crippen molar-refractivity contribution < 1.29 is 14.3 Å². The lowest BCUT2D eigenvalue weighted by Gasteiger charge is -2.32. The van der Waals surface area contributed by atoms with E-state index in [2.05, 4.69) is 11.0 Å². The first-order valence-electron chi connectivity index (χ1n) is 9.88. The van der Waals surface area contributed by atoms with Crippen LogP contribution in [-0.2, 0) is 5.41 Å². The highest BCUT2D eigenvalue weighted by Gasteiger charge is 2.47. The van der Waals surface area contributed by atoms with Gasteiger partial charge in [-0.2, -0.15) is 0 Å². The molecule has 0 spiro atoms. The molecule has 0 amide bonds. The molecule has 2 aromatic carbocycles. The highest BCUT2D eigenvalue weighted by Crippen LogP contribution is 2.47. The van der Waals surface area contributed by atoms with Crippen LogP contribution in [0.3, 0.4) is 0 Å². The zero-order valence-corrected chi connectivity index (χ0v) is 15.5. The molecule has 1 aliphatic heterocycles. The second kappa shape index (κ2) is 7.43. The molecule has 1 saturated carbocycles. The molecule has 1 N–H and O–H groups in total. The smallest absolute Gasteiger partial charge is 0.162 e. The second-order valence-corrected chi connectivity index (χ2v) is 8.08. The van der Waals surface area contributed by atoms with E-state index in [4.69, 9.17) is 0 Å². The number of aromatic hydroxyl groups is 1. The molecule has 2 atom stereocenters. The largest absolute Gasteiger partial charge is 0.508 e. The number of phenols is 1. The molecule has 2 fully saturated rings. The third kappa shape index (κ3) is 3.77. The molecule has 142 valence electrons. The van der Waals surface area contributed by atoms with Crippen LogP contribution < -0.4 is 0 Å². The second-order valence-electron chi connectivity index (χ2n) is 8.08. The number of fused-ring (bicyclic) bond motifs is 2. The highest BCUT2D eigenvalue weighted by atomic mass is 19.1. The van der Waals surface area contributed by atoms with Gasteiger partial charge in [-0.15, -0.1) is 0 Å². The van der Waals surface area contributed by atoms with Gasteiger partial charge >= 0.3 is 0 Å². The van der Waals surface area contributed by atoms with Crippen molar-refractivity contribution in [1.82, 2.24) is 4.90 Å². The minimum absolute atomic E-state index is 0.0832. The fraction of sp³-hybridized carbons (Fsp3) is 0.435. The molecule has 2 aromatic rings. The van der Waals surface area contributed by atoms with E-state index in [-0.39, 0.29) is 17.0 Å². The number of nitrogens with zero attached hydrogens (tertiary/aromatic N) is 1. The van der Waals surface area contributed by atoms with Gasteiger partial charge in [0, 0.05) is 30.0 Å². The highest BCUT2D eigenvalue weighted by molar-refractivity contribution is 5.95. The van der Waals surface area contributed by atoms with Gasteiger partial charge in [-0.1, -0.05) is 18.6 Å². The summed E-state index contributed by atoms with van der Waals surface area (Å²) in [6, 6.07) is 14.1. The minimum Gasteiger partial charge on any atom is -0.508 e. The molecule has 2 aliphatic rings. The van der Waals surface area contributed by atoms with Crippen molar-refractivity contribution in [1.29, 1.82) is 0 Å². The Morgan fingerprint density at radius 1 is 1.22 bits per heavy atom. The van der Waals surface area contributed by atoms with E-state index in [1.807, 2.05) is 12.1 Å². The third-order valence-electron chi connectivity index (χ3n) is 6.32. The molecule has 1 saturated heterocycles. The maximum atomic E-state index is 13.0. The van der Waals surface area contributed by atoms with Gasteiger partial charge in [0.2, 0.25) is 0 Å². The van der Waals surface area contributed by atoms with Crippen LogP contribution in [0.15, 0.2) is 48.5 Å². The fourth-order valence-electron chi connectivity index (χ4n) is 4.98. The molecule has 4 rings (SSSR count). The van der Waals surface area contributed by atoms with Gasteiger partial charge in [0.25, 0.3) is 0 Å². The summed E-state index contributed by atoms with van der Waals surface area (Å²) in [5.41, 5.74) is 1.98. The number of benzene rings is 2. The zero-order valence-electron chi connectivity index (χ0n) is 15.5. The van der Waals surface area contributed by atoms with Crippen LogP contribution in [-0.4, -0.2) is 34.9 Å². The number of rotatable bonds is 6. The van der Waals surface area contributed by atoms with Gasteiger partial charge in [-0.25, -0.2) is 4.39 Å². The first-order chi connectivity index (χ1) is 13.1. The van der Waals surface area contributed by atoms with Crippen LogP contribution >= 0.6 is 0 Å². The fourth-order valence-corrected chi connectivity index (χ4v) is 4.98. The van der Waals surface area contributed by atoms with Gasteiger partial charge in [-0.05, 0) is 74.2 Å².